The van der Waals surface area contributed by atoms with E-state index in [0.29, 0.717) is 31.0 Å². The molecule has 0 radical (unpaired) electrons. The van der Waals surface area contributed by atoms with Crippen molar-refractivity contribution in [3.05, 3.63) is 29.8 Å². The molecular formula is C20H31Cl2F3N2O2. The van der Waals surface area contributed by atoms with Crippen LogP contribution in [-0.4, -0.2) is 54.2 Å². The Balaban J connectivity index is 0.00000210. The molecule has 1 aromatic carbocycles. The largest absolute Gasteiger partial charge is 0.573 e. The molecule has 0 spiro atoms. The average molecular weight is 459 g/mol. The molecule has 0 bridgehead atoms. The number of halogens is 5. The summed E-state index contributed by atoms with van der Waals surface area (Å²) in [6, 6.07) is 6.50. The molecule has 2 aliphatic rings. The van der Waals surface area contributed by atoms with Crippen LogP contribution in [-0.2, 0) is 0 Å². The second-order valence-corrected chi connectivity index (χ2v) is 7.95. The lowest BCUT2D eigenvalue weighted by Gasteiger charge is -2.43. The summed E-state index contributed by atoms with van der Waals surface area (Å²) in [6.07, 6.45) is -0.360. The van der Waals surface area contributed by atoms with Gasteiger partial charge in [0.25, 0.3) is 0 Å². The van der Waals surface area contributed by atoms with Crippen molar-refractivity contribution in [2.45, 2.75) is 63.0 Å². The van der Waals surface area contributed by atoms with Gasteiger partial charge in [-0.2, -0.15) is 0 Å². The Labute approximate surface area is 183 Å². The molecule has 29 heavy (non-hydrogen) atoms. The van der Waals surface area contributed by atoms with Crippen molar-refractivity contribution >= 4 is 24.8 Å². The number of hydrogen-bond acceptors (Lipinski definition) is 4. The summed E-state index contributed by atoms with van der Waals surface area (Å²) in [5.41, 5.74) is -0.171. The molecule has 1 saturated carbocycles. The molecule has 1 aromatic rings. The third-order valence-electron chi connectivity index (χ3n) is 5.76. The van der Waals surface area contributed by atoms with Crippen LogP contribution in [0.1, 0.15) is 50.5 Å². The second-order valence-electron chi connectivity index (χ2n) is 7.95. The summed E-state index contributed by atoms with van der Waals surface area (Å²) in [4.78, 5) is 2.30. The highest BCUT2D eigenvalue weighted by molar-refractivity contribution is 5.85. The zero-order valence-corrected chi connectivity index (χ0v) is 18.2. The van der Waals surface area contributed by atoms with Gasteiger partial charge in [-0.3, -0.25) is 4.90 Å². The van der Waals surface area contributed by atoms with Gasteiger partial charge in [-0.15, -0.1) is 38.0 Å². The smallest absolute Gasteiger partial charge is 0.406 e. The maximum absolute atomic E-state index is 12.6. The Morgan fingerprint density at radius 3 is 2.55 bits per heavy atom. The Morgan fingerprint density at radius 2 is 1.93 bits per heavy atom. The van der Waals surface area contributed by atoms with Crippen LogP contribution in [0.2, 0.25) is 0 Å². The molecule has 9 heteroatoms. The first-order chi connectivity index (χ1) is 12.8. The topological polar surface area (TPSA) is 44.7 Å². The van der Waals surface area contributed by atoms with Crippen LogP contribution in [0.25, 0.3) is 0 Å². The highest BCUT2D eigenvalue weighted by atomic mass is 35.5. The lowest BCUT2D eigenvalue weighted by atomic mass is 9.72. The number of alkyl halides is 3. The van der Waals surface area contributed by atoms with Crippen LogP contribution < -0.4 is 10.1 Å². The summed E-state index contributed by atoms with van der Waals surface area (Å²) in [5.74, 6) is -0.460. The third kappa shape index (κ3) is 7.47. The van der Waals surface area contributed by atoms with Crippen molar-refractivity contribution in [2.75, 3.05) is 26.2 Å². The SMILES string of the molecule is CC1CN(C[C@H](c2cccc(OC(F)(F)F)c2)C2(O)CCCCC2)CCN1.Cl.Cl. The molecule has 1 aliphatic heterocycles. The van der Waals surface area contributed by atoms with E-state index in [2.05, 4.69) is 21.9 Å². The molecule has 0 aromatic heterocycles. The van der Waals surface area contributed by atoms with Gasteiger partial charge < -0.3 is 15.2 Å². The molecular weight excluding hydrogens is 428 g/mol. The Hall–Kier alpha value is -0.730. The fourth-order valence-electron chi connectivity index (χ4n) is 4.46. The fraction of sp³-hybridized carbons (Fsp3) is 0.700. The van der Waals surface area contributed by atoms with E-state index < -0.39 is 12.0 Å². The molecule has 2 atom stereocenters. The van der Waals surface area contributed by atoms with Gasteiger partial charge in [0.1, 0.15) is 5.75 Å². The van der Waals surface area contributed by atoms with E-state index in [0.717, 1.165) is 38.9 Å². The van der Waals surface area contributed by atoms with Gasteiger partial charge >= 0.3 is 6.36 Å². The fourth-order valence-corrected chi connectivity index (χ4v) is 4.46. The lowest BCUT2D eigenvalue weighted by Crippen LogP contribution is -2.52. The van der Waals surface area contributed by atoms with Crippen LogP contribution in [0.15, 0.2) is 24.3 Å². The minimum Gasteiger partial charge on any atom is -0.406 e. The van der Waals surface area contributed by atoms with Gasteiger partial charge in [0, 0.05) is 38.1 Å². The first kappa shape index (κ1) is 26.3. The van der Waals surface area contributed by atoms with Crippen LogP contribution in [0.4, 0.5) is 13.2 Å². The van der Waals surface area contributed by atoms with Crippen LogP contribution >= 0.6 is 24.8 Å². The molecule has 1 heterocycles. The van der Waals surface area contributed by atoms with E-state index in [-0.39, 0.29) is 36.5 Å². The van der Waals surface area contributed by atoms with Gasteiger partial charge in [0.15, 0.2) is 0 Å². The number of piperazine rings is 1. The molecule has 2 fully saturated rings. The minimum absolute atomic E-state index is 0. The van der Waals surface area contributed by atoms with Gasteiger partial charge in [0.05, 0.1) is 5.60 Å². The van der Waals surface area contributed by atoms with Gasteiger partial charge in [0.2, 0.25) is 0 Å². The van der Waals surface area contributed by atoms with Crippen LogP contribution in [0, 0.1) is 0 Å². The van der Waals surface area contributed by atoms with Crippen LogP contribution in [0.5, 0.6) is 5.75 Å². The van der Waals surface area contributed by atoms with Crippen molar-refractivity contribution in [3.8, 4) is 5.75 Å². The van der Waals surface area contributed by atoms with E-state index >= 15 is 0 Å². The molecule has 1 saturated heterocycles. The Bertz CT molecular complexity index is 628. The van der Waals surface area contributed by atoms with Crippen molar-refractivity contribution < 1.29 is 23.0 Å². The van der Waals surface area contributed by atoms with Crippen LogP contribution in [0.3, 0.4) is 0 Å². The second kappa shape index (κ2) is 11.0. The first-order valence-corrected chi connectivity index (χ1v) is 9.79. The standard InChI is InChI=1S/C20H29F3N2O2.2ClH/c1-15-13-25(11-10-24-15)14-18(19(26)8-3-2-4-9-19)16-6-5-7-17(12-16)27-20(21,22)23;;/h5-7,12,15,18,24,26H,2-4,8-11,13-14H2,1H3;2*1H/t15?,18-;;/m1../s1. The van der Waals surface area contributed by atoms with Gasteiger partial charge in [-0.05, 0) is 37.5 Å². The number of nitrogens with one attached hydrogen (secondary N) is 1. The molecule has 1 aliphatic carbocycles. The van der Waals surface area contributed by atoms with E-state index in [1.807, 2.05) is 6.07 Å². The number of benzene rings is 1. The molecule has 1 unspecified atom stereocenters. The summed E-state index contributed by atoms with van der Waals surface area (Å²) >= 11 is 0. The van der Waals surface area contributed by atoms with Crippen molar-refractivity contribution in [1.29, 1.82) is 0 Å². The Morgan fingerprint density at radius 1 is 1.24 bits per heavy atom. The summed E-state index contributed by atoms with van der Waals surface area (Å²) in [6.45, 7) is 5.37. The van der Waals surface area contributed by atoms with E-state index in [1.165, 1.54) is 12.1 Å². The number of hydrogen-bond donors (Lipinski definition) is 2. The zero-order chi connectivity index (χ0) is 19.5. The minimum atomic E-state index is -4.72. The molecule has 4 nitrogen and oxygen atoms in total. The third-order valence-corrected chi connectivity index (χ3v) is 5.76. The van der Waals surface area contributed by atoms with E-state index in [1.54, 1.807) is 6.07 Å². The number of ether oxygens (including phenoxy) is 1. The maximum Gasteiger partial charge on any atom is 0.573 e. The quantitative estimate of drug-likeness (QED) is 0.681. The lowest BCUT2D eigenvalue weighted by molar-refractivity contribution is -0.274. The number of aliphatic hydroxyl groups is 1. The highest BCUT2D eigenvalue weighted by Crippen LogP contribution is 2.41. The Kier molecular flexibility index (Phi) is 10.0. The van der Waals surface area contributed by atoms with Crippen molar-refractivity contribution in [1.82, 2.24) is 10.2 Å². The predicted octanol–water partition coefficient (Wildman–Crippen LogP) is 4.50. The summed E-state index contributed by atoms with van der Waals surface area (Å²) in [7, 11) is 0. The average Bonchev–Trinajstić information content (AvgIpc) is 2.59. The number of rotatable bonds is 5. The normalized spacial score (nSPS) is 23.4. The molecule has 2 N–H and O–H groups in total. The summed E-state index contributed by atoms with van der Waals surface area (Å²) < 4.78 is 42.0. The highest BCUT2D eigenvalue weighted by Gasteiger charge is 2.40. The van der Waals surface area contributed by atoms with E-state index in [4.69, 9.17) is 0 Å². The number of nitrogens with zero attached hydrogens (tertiary/aromatic N) is 1. The first-order valence-electron chi connectivity index (χ1n) is 9.79. The van der Waals surface area contributed by atoms with E-state index in [9.17, 15) is 18.3 Å². The molecule has 0 amide bonds. The van der Waals surface area contributed by atoms with Gasteiger partial charge in [-0.1, -0.05) is 31.4 Å². The molecule has 168 valence electrons. The zero-order valence-electron chi connectivity index (χ0n) is 16.6. The van der Waals surface area contributed by atoms with Crippen molar-refractivity contribution in [2.24, 2.45) is 0 Å². The monoisotopic (exact) mass is 458 g/mol. The summed E-state index contributed by atoms with van der Waals surface area (Å²) in [5, 5.41) is 14.8. The van der Waals surface area contributed by atoms with Crippen molar-refractivity contribution in [3.63, 3.8) is 0 Å². The predicted molar refractivity (Wildman–Crippen MR) is 112 cm³/mol. The molecule has 3 rings (SSSR count). The van der Waals surface area contributed by atoms with Gasteiger partial charge in [-0.25, -0.2) is 0 Å². The maximum atomic E-state index is 12.6.